The largest absolute Gasteiger partial charge is 0.454 e. The van der Waals surface area contributed by atoms with Gasteiger partial charge in [0, 0.05) is 131 Å². The fraction of sp³-hybridized carbons (Fsp3) is 0.326. The maximum absolute atomic E-state index is 14.0. The SMILES string of the molecule is NC(N)=NCCC[C@@H]1N[C@H](CNC(=O)c2ccc3c(c2)OCO3)CCN(CC(c2ccccc2)c2ccccc2)C1=O.NC(N)=NCCC[C@@H]1N[C@H](CNC(=O)c2ccc3n[nH]nc3c2)CCN(CC(c2ccccc2)c2ccccc2)C1=O.NC(N)=NCCC[C@@H]1N[C@H](CNC(=O)c2ccc3nc[nH]c3c2)CCN(CC(c2ccccc2)c2ccccc2)C1=O. The van der Waals surface area contributed by atoms with Gasteiger partial charge < -0.3 is 95.5 Å². The first-order chi connectivity index (χ1) is 61.4. The molecule has 4 aliphatic heterocycles. The Morgan fingerprint density at radius 2 is 0.722 bits per heavy atom. The van der Waals surface area contributed by atoms with Crippen LogP contribution in [-0.2, 0) is 14.4 Å². The number of ether oxygens (including phenoxy) is 2. The van der Waals surface area contributed by atoms with E-state index in [1.165, 1.54) is 0 Å². The first kappa shape index (κ1) is 89.7. The molecule has 9 aromatic carbocycles. The number of rotatable bonds is 33. The number of H-pyrrole nitrogens is 2. The quantitative estimate of drug-likeness (QED) is 0.0108. The Balaban J connectivity index is 0.000000162. The van der Waals surface area contributed by atoms with Gasteiger partial charge in [0.15, 0.2) is 29.4 Å². The third-order valence-electron chi connectivity index (χ3n) is 23.1. The van der Waals surface area contributed by atoms with Gasteiger partial charge in [-0.05, 0) is 146 Å². The van der Waals surface area contributed by atoms with Crippen LogP contribution in [0.4, 0.5) is 0 Å². The average molecular weight is 1710 g/mol. The minimum absolute atomic E-state index is 0.0286. The maximum atomic E-state index is 14.0. The Kier molecular flexibility index (Phi) is 32.3. The summed E-state index contributed by atoms with van der Waals surface area (Å²) >= 11 is 0. The number of nitrogens with two attached hydrogens (primary N) is 6. The smallest absolute Gasteiger partial charge is 0.251 e. The summed E-state index contributed by atoms with van der Waals surface area (Å²) in [6, 6.07) is 75.9. The van der Waals surface area contributed by atoms with Crippen molar-refractivity contribution in [3.63, 3.8) is 0 Å². The molecule has 656 valence electrons. The van der Waals surface area contributed by atoms with E-state index in [-0.39, 0.29) is 96.0 Å². The molecule has 6 amide bonds. The van der Waals surface area contributed by atoms with Crippen molar-refractivity contribution in [2.24, 2.45) is 49.4 Å². The number of benzene rings is 9. The molecular formula is C95H113N23O8. The molecule has 0 saturated carbocycles. The minimum atomic E-state index is -0.429. The number of carbonyl (C=O) groups is 6. The van der Waals surface area contributed by atoms with E-state index in [1.54, 1.807) is 54.9 Å². The van der Waals surface area contributed by atoms with Crippen molar-refractivity contribution in [2.45, 2.75) is 112 Å². The second-order valence-corrected chi connectivity index (χ2v) is 31.8. The van der Waals surface area contributed by atoms with Crippen molar-refractivity contribution < 1.29 is 38.2 Å². The molecule has 31 heteroatoms. The summed E-state index contributed by atoms with van der Waals surface area (Å²) in [5.41, 5.74) is 44.5. The number of nitrogens with one attached hydrogen (secondary N) is 8. The van der Waals surface area contributed by atoms with Crippen molar-refractivity contribution in [3.8, 4) is 11.5 Å². The molecule has 0 bridgehead atoms. The maximum Gasteiger partial charge on any atom is 0.251 e. The van der Waals surface area contributed by atoms with E-state index in [0.717, 1.165) is 44.4 Å². The predicted octanol–water partition coefficient (Wildman–Crippen LogP) is 7.46. The zero-order valence-corrected chi connectivity index (χ0v) is 70.6. The van der Waals surface area contributed by atoms with Crippen LogP contribution < -0.4 is 75.8 Å². The summed E-state index contributed by atoms with van der Waals surface area (Å²) in [5, 5.41) is 30.4. The van der Waals surface area contributed by atoms with Gasteiger partial charge in [-0.25, -0.2) is 4.98 Å². The van der Waals surface area contributed by atoms with Gasteiger partial charge in [0.2, 0.25) is 24.5 Å². The fourth-order valence-corrected chi connectivity index (χ4v) is 16.4. The van der Waals surface area contributed by atoms with Gasteiger partial charge in [0.25, 0.3) is 17.7 Å². The van der Waals surface area contributed by atoms with Gasteiger partial charge in [0.05, 0.1) is 35.5 Å². The lowest BCUT2D eigenvalue weighted by Crippen LogP contribution is -2.49. The Morgan fingerprint density at radius 3 is 1.09 bits per heavy atom. The van der Waals surface area contributed by atoms with Crippen LogP contribution in [-0.4, -0.2) is 215 Å². The second-order valence-electron chi connectivity index (χ2n) is 31.8. The summed E-state index contributed by atoms with van der Waals surface area (Å²) < 4.78 is 10.8. The minimum Gasteiger partial charge on any atom is -0.454 e. The van der Waals surface area contributed by atoms with E-state index in [0.29, 0.717) is 176 Å². The van der Waals surface area contributed by atoms with E-state index >= 15 is 0 Å². The van der Waals surface area contributed by atoms with Crippen LogP contribution in [0.3, 0.4) is 0 Å². The van der Waals surface area contributed by atoms with E-state index in [1.807, 2.05) is 130 Å². The number of aliphatic imine (C=N–C) groups is 3. The third-order valence-corrected chi connectivity index (χ3v) is 23.1. The molecule has 0 radical (unpaired) electrons. The lowest BCUT2D eigenvalue weighted by Gasteiger charge is -2.29. The first-order valence-electron chi connectivity index (χ1n) is 43.0. The van der Waals surface area contributed by atoms with Gasteiger partial charge in [-0.2, -0.15) is 15.4 Å². The molecule has 2 aromatic heterocycles. The fourth-order valence-electron chi connectivity index (χ4n) is 16.4. The van der Waals surface area contributed by atoms with Gasteiger partial charge in [-0.3, -0.25) is 43.7 Å². The number of amides is 6. The lowest BCUT2D eigenvalue weighted by atomic mass is 9.90. The molecule has 3 saturated heterocycles. The van der Waals surface area contributed by atoms with Crippen LogP contribution in [0.1, 0.15) is 140 Å². The van der Waals surface area contributed by atoms with Crippen LogP contribution in [0.15, 0.2) is 258 Å². The van der Waals surface area contributed by atoms with E-state index in [2.05, 4.69) is 145 Å². The van der Waals surface area contributed by atoms with Crippen molar-refractivity contribution in [3.05, 3.63) is 293 Å². The molecule has 0 unspecified atom stereocenters. The number of nitrogens with zero attached hydrogens (tertiary/aromatic N) is 9. The van der Waals surface area contributed by atoms with E-state index < -0.39 is 18.1 Å². The molecule has 0 spiro atoms. The first-order valence-corrected chi connectivity index (χ1v) is 43.0. The van der Waals surface area contributed by atoms with Crippen LogP contribution in [0.5, 0.6) is 11.5 Å². The molecule has 11 aromatic rings. The van der Waals surface area contributed by atoms with Gasteiger partial charge in [0.1, 0.15) is 11.0 Å². The highest BCUT2D eigenvalue weighted by molar-refractivity contribution is 5.98. The van der Waals surface area contributed by atoms with Gasteiger partial charge in [-0.1, -0.05) is 182 Å². The molecule has 31 nitrogen and oxygen atoms in total. The Hall–Kier alpha value is -14.0. The van der Waals surface area contributed by atoms with E-state index in [4.69, 9.17) is 43.9 Å². The summed E-state index contributed by atoms with van der Waals surface area (Å²) in [6.45, 7) is 5.99. The topological polar surface area (TPSA) is 466 Å². The number of hydrogen-bond donors (Lipinski definition) is 14. The normalized spacial score (nSPS) is 17.5. The average Bonchev–Trinajstić information content (AvgIpc) is 1.46. The Bertz CT molecular complexity index is 5100. The molecule has 6 heterocycles. The predicted molar refractivity (Wildman–Crippen MR) is 489 cm³/mol. The van der Waals surface area contributed by atoms with Crippen molar-refractivity contribution in [1.29, 1.82) is 0 Å². The zero-order valence-electron chi connectivity index (χ0n) is 70.6. The summed E-state index contributed by atoms with van der Waals surface area (Å²) in [4.78, 5) is 106. The second kappa shape index (κ2) is 45.4. The van der Waals surface area contributed by atoms with Crippen molar-refractivity contribution in [2.75, 3.05) is 85.3 Å². The Morgan fingerprint density at radius 1 is 0.397 bits per heavy atom. The number of hydrogen-bond acceptors (Lipinski definition) is 17. The van der Waals surface area contributed by atoms with E-state index in [9.17, 15) is 28.8 Å². The van der Waals surface area contributed by atoms with Crippen molar-refractivity contribution in [1.82, 2.24) is 72.0 Å². The van der Waals surface area contributed by atoms with Crippen LogP contribution in [0.2, 0.25) is 0 Å². The molecule has 4 aliphatic rings. The molecule has 0 aliphatic carbocycles. The molecule has 6 atom stereocenters. The summed E-state index contributed by atoms with van der Waals surface area (Å²) in [7, 11) is 0. The Labute approximate surface area is 732 Å². The highest BCUT2D eigenvalue weighted by atomic mass is 16.7. The van der Waals surface area contributed by atoms with Crippen molar-refractivity contribution >= 4 is 75.4 Å². The molecule has 20 N–H and O–H groups in total. The summed E-state index contributed by atoms with van der Waals surface area (Å²) in [6.07, 6.45) is 7.35. The lowest BCUT2D eigenvalue weighted by molar-refractivity contribution is -0.133. The van der Waals surface area contributed by atoms with Crippen LogP contribution in [0, 0.1) is 0 Å². The monoisotopic (exact) mass is 1700 g/mol. The number of imidazole rings is 1. The van der Waals surface area contributed by atoms with Gasteiger partial charge >= 0.3 is 0 Å². The molecule has 126 heavy (non-hydrogen) atoms. The molecule has 15 rings (SSSR count). The summed E-state index contributed by atoms with van der Waals surface area (Å²) in [5.74, 6) is 0.952. The van der Waals surface area contributed by atoms with Crippen LogP contribution in [0.25, 0.3) is 22.1 Å². The van der Waals surface area contributed by atoms with Crippen LogP contribution >= 0.6 is 0 Å². The standard InChI is InChI=1S/C32H38N8O2.C32H38N6O4.C31H37N9O2/c33-32(34)35-16-7-12-28-31(42)40(20-26(22-8-3-1-4-9-22)23-10-5-2-6-11-23)17-15-25(39-28)19-36-30(41)24-13-14-27-29(18-24)38-21-37-27;33-32(34)35-16-7-12-27-31(40)38(20-26(22-8-3-1-4-9-22)23-10-5-2-6-11-23)17-15-25(37-27)19-36-30(39)24-13-14-28-29(18-24)42-21-41-28;32-31(33)34-16-7-12-27-30(42)40(20-25(21-8-3-1-4-9-21)22-10-5-2-6-11-22)17-15-24(36-27)19-35-29(41)23-13-14-26-28(18-23)38-39-37-26/h1-6,8-11,13-14,18,21,25-26,28,39H,7,12,15-17,19-20H2,(H,36,41)(H,37,38)(H4,33,34,35);1-6,8-11,13-14,18,25-27,37H,7,12,15-17,19-21H2,(H,36,39)(H4,33,34,35);1-6,8-11,13-14,18,24-25,27,36H,7,12,15-17,19-20H2,(H,35,41)(H4,32,33,34)(H,37,38,39)/t25-,28-;25-,27-;24-,27-/m000/s1. The number of fused-ring (bicyclic) bond motifs is 3. The zero-order chi connectivity index (χ0) is 87.9. The number of aromatic nitrogens is 5. The highest BCUT2D eigenvalue weighted by Gasteiger charge is 2.37. The number of guanidine groups is 3. The third kappa shape index (κ3) is 25.6. The number of carbonyl (C=O) groups excluding carboxylic acids is 6. The van der Waals surface area contributed by atoms with Gasteiger partial charge in [-0.15, -0.1) is 0 Å². The number of aromatic amines is 2. The highest BCUT2D eigenvalue weighted by Crippen LogP contribution is 2.34. The molecule has 3 fully saturated rings. The molecular weight excluding hydrogens is 1590 g/mol.